The van der Waals surface area contributed by atoms with Gasteiger partial charge >= 0.3 is 6.03 Å². The van der Waals surface area contributed by atoms with Crippen molar-refractivity contribution >= 4 is 27.7 Å². The number of carbonyl (C=O) groups is 3. The van der Waals surface area contributed by atoms with Crippen molar-refractivity contribution in [2.75, 3.05) is 32.8 Å². The second-order valence-electron chi connectivity index (χ2n) is 10.9. The number of nitrogens with one attached hydrogen (secondary N) is 2. The molecule has 216 valence electrons. The number of hydrogen-bond acceptors (Lipinski definition) is 7. The maximum Gasteiger partial charge on any atom is 0.318 e. The lowest BCUT2D eigenvalue weighted by Gasteiger charge is -2.30. The molecule has 1 aromatic rings. The van der Waals surface area contributed by atoms with Gasteiger partial charge in [-0.1, -0.05) is 44.6 Å². The summed E-state index contributed by atoms with van der Waals surface area (Å²) in [6, 6.07) is 2.28. The Morgan fingerprint density at radius 3 is 2.46 bits per heavy atom. The summed E-state index contributed by atoms with van der Waals surface area (Å²) in [7, 11) is -3.97. The fourth-order valence-electron chi connectivity index (χ4n) is 5.67. The molecule has 2 N–H and O–H groups in total. The van der Waals surface area contributed by atoms with Crippen LogP contribution in [0.2, 0.25) is 0 Å². The Morgan fingerprint density at radius 1 is 1.08 bits per heavy atom. The minimum Gasteiger partial charge on any atom is -0.378 e. The van der Waals surface area contributed by atoms with Gasteiger partial charge in [0.2, 0.25) is 5.91 Å². The van der Waals surface area contributed by atoms with Gasteiger partial charge in [-0.15, -0.1) is 0 Å². The molecule has 3 heterocycles. The van der Waals surface area contributed by atoms with Gasteiger partial charge in [0.15, 0.2) is 10.8 Å². The van der Waals surface area contributed by atoms with Crippen LogP contribution in [-0.4, -0.2) is 91.3 Å². The van der Waals surface area contributed by atoms with Crippen LogP contribution in [0.4, 0.5) is 4.79 Å². The Kier molecular flexibility index (Phi) is 10.3. The topological polar surface area (TPSA) is 138 Å². The first-order chi connectivity index (χ1) is 18.8. The average Bonchev–Trinajstić information content (AvgIpc) is 3.29. The minimum absolute atomic E-state index is 0.110. The molecule has 1 saturated carbocycles. The smallest absolute Gasteiger partial charge is 0.318 e. The van der Waals surface area contributed by atoms with E-state index in [4.69, 9.17) is 4.74 Å². The second-order valence-corrected chi connectivity index (χ2v) is 12.7. The van der Waals surface area contributed by atoms with Gasteiger partial charge in [0.1, 0.15) is 6.04 Å². The summed E-state index contributed by atoms with van der Waals surface area (Å²) >= 11 is 0. The van der Waals surface area contributed by atoms with E-state index in [0.29, 0.717) is 51.5 Å². The molecule has 11 nitrogen and oxygen atoms in total. The molecule has 1 aromatic heterocycles. The van der Waals surface area contributed by atoms with Gasteiger partial charge < -0.3 is 20.3 Å². The minimum atomic E-state index is -3.97. The summed E-state index contributed by atoms with van der Waals surface area (Å²) < 4.78 is 32.9. The lowest BCUT2D eigenvalue weighted by Crippen LogP contribution is -2.56. The number of morpholine rings is 1. The first-order valence-corrected chi connectivity index (χ1v) is 15.6. The highest BCUT2D eigenvalue weighted by atomic mass is 32.2. The van der Waals surface area contributed by atoms with E-state index in [2.05, 4.69) is 15.6 Å². The lowest BCUT2D eigenvalue weighted by atomic mass is 9.92. The van der Waals surface area contributed by atoms with E-state index in [1.165, 1.54) is 29.4 Å². The highest BCUT2D eigenvalue weighted by Gasteiger charge is 2.38. The molecule has 3 amide bonds. The van der Waals surface area contributed by atoms with Crippen molar-refractivity contribution in [3.8, 4) is 0 Å². The van der Waals surface area contributed by atoms with Crippen LogP contribution in [0.5, 0.6) is 0 Å². The van der Waals surface area contributed by atoms with Gasteiger partial charge in [-0.2, -0.15) is 4.31 Å². The Hall–Kier alpha value is -2.57. The maximum absolute atomic E-state index is 13.6. The molecular weight excluding hydrogens is 522 g/mol. The SMILES string of the molecule is C[C@@H]1CC[C@H](NC(=O)[C@H](CC2CCCCCC2)NC(=O)N2CCOCC2)C(=O)CN1S(=O)(=O)c1ccccn1. The standard InChI is InChI=1S/C27H41N5O6S/c1-20-11-12-22(24(33)19-32(20)39(36,37)25-10-6-7-13-28-25)29-26(34)23(18-21-8-4-2-3-5-9-21)30-27(35)31-14-16-38-17-15-31/h6-7,10,13,20-23H,2-5,8-9,11-12,14-19H2,1H3,(H,29,34)(H,30,35)/t20-,22+,23+/m1/s1. The number of ketones is 1. The number of aromatic nitrogens is 1. The molecule has 4 rings (SSSR count). The lowest BCUT2D eigenvalue weighted by molar-refractivity contribution is -0.129. The Balaban J connectivity index is 1.45. The van der Waals surface area contributed by atoms with Crippen LogP contribution in [0.15, 0.2) is 29.4 Å². The van der Waals surface area contributed by atoms with Crippen molar-refractivity contribution in [1.82, 2.24) is 24.8 Å². The monoisotopic (exact) mass is 563 g/mol. The molecule has 3 aliphatic rings. The first kappa shape index (κ1) is 29.4. The van der Waals surface area contributed by atoms with Crippen LogP contribution in [0.25, 0.3) is 0 Å². The van der Waals surface area contributed by atoms with Crippen molar-refractivity contribution in [3.05, 3.63) is 24.4 Å². The summed E-state index contributed by atoms with van der Waals surface area (Å²) in [6.07, 6.45) is 9.23. The Morgan fingerprint density at radius 2 is 1.79 bits per heavy atom. The summed E-state index contributed by atoms with van der Waals surface area (Å²) in [6.45, 7) is 3.25. The predicted molar refractivity (Wildman–Crippen MR) is 144 cm³/mol. The molecule has 2 aliphatic heterocycles. The van der Waals surface area contributed by atoms with Crippen LogP contribution in [0, 0.1) is 5.92 Å². The van der Waals surface area contributed by atoms with Crippen LogP contribution < -0.4 is 10.6 Å². The van der Waals surface area contributed by atoms with Crippen LogP contribution in [0.1, 0.15) is 64.7 Å². The van der Waals surface area contributed by atoms with E-state index in [1.54, 1.807) is 24.0 Å². The van der Waals surface area contributed by atoms with E-state index in [9.17, 15) is 22.8 Å². The normalized spacial score (nSPS) is 24.8. The fraction of sp³-hybridized carbons (Fsp3) is 0.704. The number of nitrogens with zero attached hydrogens (tertiary/aromatic N) is 3. The van der Waals surface area contributed by atoms with E-state index < -0.39 is 34.1 Å². The fourth-order valence-corrected chi connectivity index (χ4v) is 7.23. The Labute approximate surface area is 231 Å². The summed E-state index contributed by atoms with van der Waals surface area (Å²) in [4.78, 5) is 45.4. The maximum atomic E-state index is 13.6. The number of urea groups is 1. The van der Waals surface area contributed by atoms with Crippen LogP contribution in [-0.2, 0) is 24.3 Å². The molecule has 3 fully saturated rings. The number of Topliss-reactive ketones (excluding diaryl/α,β-unsaturated/α-hetero) is 1. The van der Waals surface area contributed by atoms with Crippen LogP contribution in [0.3, 0.4) is 0 Å². The van der Waals surface area contributed by atoms with E-state index in [0.717, 1.165) is 25.7 Å². The van der Waals surface area contributed by atoms with Gasteiger partial charge in [0.25, 0.3) is 10.0 Å². The molecular formula is C27H41N5O6S. The third-order valence-electron chi connectivity index (χ3n) is 8.05. The quantitative estimate of drug-likeness (QED) is 0.485. The number of rotatable bonds is 7. The highest BCUT2D eigenvalue weighted by Crippen LogP contribution is 2.27. The third-order valence-corrected chi connectivity index (χ3v) is 9.93. The molecule has 0 radical (unpaired) electrons. The van der Waals surface area contributed by atoms with Crippen molar-refractivity contribution in [2.45, 2.75) is 87.9 Å². The third kappa shape index (κ3) is 7.76. The van der Waals surface area contributed by atoms with E-state index in [-0.39, 0.29) is 23.4 Å². The molecule has 0 aromatic carbocycles. The molecule has 3 atom stereocenters. The molecule has 1 aliphatic carbocycles. The number of pyridine rings is 1. The van der Waals surface area contributed by atoms with Gasteiger partial charge in [-0.05, 0) is 44.2 Å². The average molecular weight is 564 g/mol. The Bertz CT molecular complexity index is 1090. The van der Waals surface area contributed by atoms with Gasteiger partial charge in [-0.3, -0.25) is 9.59 Å². The molecule has 0 bridgehead atoms. The zero-order valence-corrected chi connectivity index (χ0v) is 23.5. The molecule has 0 spiro atoms. The summed E-state index contributed by atoms with van der Waals surface area (Å²) in [5, 5.41) is 5.69. The first-order valence-electron chi connectivity index (χ1n) is 14.1. The van der Waals surface area contributed by atoms with Gasteiger partial charge in [-0.25, -0.2) is 18.2 Å². The van der Waals surface area contributed by atoms with Gasteiger partial charge in [0.05, 0.1) is 25.8 Å². The number of carbonyl (C=O) groups excluding carboxylic acids is 3. The summed E-state index contributed by atoms with van der Waals surface area (Å²) in [5.41, 5.74) is 0. The molecule has 0 unspecified atom stereocenters. The number of ether oxygens (including phenoxy) is 1. The highest BCUT2D eigenvalue weighted by molar-refractivity contribution is 7.89. The zero-order chi connectivity index (χ0) is 27.8. The van der Waals surface area contributed by atoms with Crippen LogP contribution >= 0.6 is 0 Å². The largest absolute Gasteiger partial charge is 0.378 e. The van der Waals surface area contributed by atoms with E-state index in [1.807, 2.05) is 0 Å². The van der Waals surface area contributed by atoms with Crippen molar-refractivity contribution in [1.29, 1.82) is 0 Å². The molecule has 2 saturated heterocycles. The number of hydrogen-bond donors (Lipinski definition) is 2. The predicted octanol–water partition coefficient (Wildman–Crippen LogP) is 2.08. The zero-order valence-electron chi connectivity index (χ0n) is 22.7. The second kappa shape index (κ2) is 13.7. The molecule has 12 heteroatoms. The molecule has 39 heavy (non-hydrogen) atoms. The van der Waals surface area contributed by atoms with Crippen molar-refractivity contribution < 1.29 is 27.5 Å². The van der Waals surface area contributed by atoms with Crippen molar-refractivity contribution in [2.24, 2.45) is 5.92 Å². The number of amides is 3. The van der Waals surface area contributed by atoms with E-state index >= 15 is 0 Å². The van der Waals surface area contributed by atoms with Crippen molar-refractivity contribution in [3.63, 3.8) is 0 Å². The number of sulfonamides is 1. The summed E-state index contributed by atoms with van der Waals surface area (Å²) in [5.74, 6) is -0.454. The van der Waals surface area contributed by atoms with Gasteiger partial charge in [0, 0.05) is 25.3 Å².